The van der Waals surface area contributed by atoms with Gasteiger partial charge in [-0.1, -0.05) is 54.6 Å². The molecule has 3 aliphatic rings. The average molecular weight is 427 g/mol. The Morgan fingerprint density at radius 2 is 1.81 bits per heavy atom. The van der Waals surface area contributed by atoms with Gasteiger partial charge in [0.05, 0.1) is 11.1 Å². The van der Waals surface area contributed by atoms with E-state index in [1.165, 1.54) is 28.5 Å². The number of nitrogens with zero attached hydrogens (tertiary/aromatic N) is 2. The Hall–Kier alpha value is -2.49. The lowest BCUT2D eigenvalue weighted by atomic mass is 9.61. The summed E-state index contributed by atoms with van der Waals surface area (Å²) in [5, 5.41) is 12.8. The van der Waals surface area contributed by atoms with Gasteiger partial charge < -0.3 is 10.0 Å². The van der Waals surface area contributed by atoms with Crippen LogP contribution in [0.2, 0.25) is 0 Å². The minimum absolute atomic E-state index is 0.291. The third-order valence-electron chi connectivity index (χ3n) is 7.70. The lowest BCUT2D eigenvalue weighted by Gasteiger charge is -2.48. The van der Waals surface area contributed by atoms with Gasteiger partial charge in [0.1, 0.15) is 0 Å². The maximum absolute atomic E-state index is 11.5. The van der Waals surface area contributed by atoms with Gasteiger partial charge in [-0.3, -0.25) is 4.98 Å². The Morgan fingerprint density at radius 1 is 1.00 bits per heavy atom. The molecule has 6 rings (SSSR count). The molecule has 3 aliphatic carbocycles. The summed E-state index contributed by atoms with van der Waals surface area (Å²) in [5.41, 5.74) is 4.72. The van der Waals surface area contributed by atoms with Crippen LogP contribution < -0.4 is 0 Å². The van der Waals surface area contributed by atoms with Crippen molar-refractivity contribution in [2.45, 2.75) is 44.1 Å². The molecule has 1 heterocycles. The van der Waals surface area contributed by atoms with E-state index in [9.17, 15) is 5.11 Å². The van der Waals surface area contributed by atoms with Gasteiger partial charge in [-0.05, 0) is 86.9 Å². The summed E-state index contributed by atoms with van der Waals surface area (Å²) in [6.07, 6.45) is 10.6. The van der Waals surface area contributed by atoms with Crippen molar-refractivity contribution in [2.24, 2.45) is 11.8 Å². The number of benzene rings is 2. The number of hydrogen-bond donors (Lipinski definition) is 1. The minimum Gasteiger partial charge on any atom is -0.389 e. The average Bonchev–Trinajstić information content (AvgIpc) is 2.84. The predicted octanol–water partition coefficient (Wildman–Crippen LogP) is 5.73. The molecule has 3 nitrogen and oxygen atoms in total. The molecule has 0 unspecified atom stereocenters. The Kier molecular flexibility index (Phi) is 6.12. The predicted molar refractivity (Wildman–Crippen MR) is 132 cm³/mol. The van der Waals surface area contributed by atoms with Crippen LogP contribution in [-0.2, 0) is 6.42 Å². The lowest BCUT2D eigenvalue weighted by molar-refractivity contribution is -0.0574. The van der Waals surface area contributed by atoms with E-state index in [0.717, 1.165) is 50.7 Å². The molecule has 0 spiro atoms. The van der Waals surface area contributed by atoms with Crippen LogP contribution >= 0.6 is 0 Å². The number of pyridine rings is 1. The van der Waals surface area contributed by atoms with E-state index >= 15 is 0 Å². The van der Waals surface area contributed by atoms with E-state index in [1.807, 2.05) is 12.3 Å². The second-order valence-electron chi connectivity index (χ2n) is 9.82. The molecule has 0 saturated heterocycles. The molecule has 0 amide bonds. The third kappa shape index (κ3) is 4.37. The normalized spacial score (nSPS) is 24.8. The molecule has 1 aromatic heterocycles. The molecule has 1 N–H and O–H groups in total. The Balaban J connectivity index is 1.15. The monoisotopic (exact) mass is 426 g/mol. The fourth-order valence-electron chi connectivity index (χ4n) is 5.85. The lowest BCUT2D eigenvalue weighted by Crippen LogP contribution is -2.48. The van der Waals surface area contributed by atoms with E-state index in [0.29, 0.717) is 11.8 Å². The molecule has 3 aromatic rings. The van der Waals surface area contributed by atoms with E-state index in [-0.39, 0.29) is 0 Å². The highest BCUT2D eigenvalue weighted by molar-refractivity contribution is 5.81. The first kappa shape index (κ1) is 21.4. The molecule has 166 valence electrons. The number of hydrogen-bond acceptors (Lipinski definition) is 3. The zero-order chi connectivity index (χ0) is 22.0. The van der Waals surface area contributed by atoms with Crippen molar-refractivity contribution in [3.63, 3.8) is 0 Å². The second-order valence-corrected chi connectivity index (χ2v) is 9.82. The Bertz CT molecular complexity index is 1090. The number of aliphatic hydroxyl groups is 1. The van der Waals surface area contributed by atoms with Crippen LogP contribution in [0, 0.1) is 11.8 Å². The molecule has 3 heteroatoms. The number of allylic oxidation sites excluding steroid dienone is 1. The first-order valence-electron chi connectivity index (χ1n) is 12.1. The van der Waals surface area contributed by atoms with Gasteiger partial charge in [-0.15, -0.1) is 0 Å². The Morgan fingerprint density at radius 3 is 2.62 bits per heavy atom. The van der Waals surface area contributed by atoms with E-state index in [2.05, 4.69) is 77.6 Å². The fraction of sp³-hybridized carbons (Fsp3) is 0.414. The van der Waals surface area contributed by atoms with Crippen molar-refractivity contribution in [3.8, 4) is 0 Å². The number of rotatable bonds is 8. The van der Waals surface area contributed by atoms with Crippen LogP contribution in [0.4, 0.5) is 0 Å². The molecule has 1 fully saturated rings. The highest BCUT2D eigenvalue weighted by atomic mass is 16.3. The summed E-state index contributed by atoms with van der Waals surface area (Å²) in [7, 11) is 2.19. The SMILES string of the molecule is CN(CCCc1ccnc2ccccc12)CC[C@@]1(O)C[C@@H]2CC[C@H]1C=C2c1ccccc1. The van der Waals surface area contributed by atoms with Crippen LogP contribution in [0.1, 0.15) is 43.2 Å². The maximum atomic E-state index is 11.5. The van der Waals surface area contributed by atoms with Crippen molar-refractivity contribution >= 4 is 16.5 Å². The van der Waals surface area contributed by atoms with Crippen LogP contribution in [-0.4, -0.2) is 40.7 Å². The van der Waals surface area contributed by atoms with Gasteiger partial charge in [0.2, 0.25) is 0 Å². The molecule has 3 atom stereocenters. The van der Waals surface area contributed by atoms with Gasteiger partial charge in [0.25, 0.3) is 0 Å². The van der Waals surface area contributed by atoms with Gasteiger partial charge in [-0.25, -0.2) is 0 Å². The van der Waals surface area contributed by atoms with Crippen molar-refractivity contribution in [3.05, 3.63) is 84.1 Å². The second kappa shape index (κ2) is 9.17. The first-order valence-corrected chi connectivity index (χ1v) is 12.1. The van der Waals surface area contributed by atoms with Crippen LogP contribution in [0.25, 0.3) is 16.5 Å². The molecule has 2 bridgehead atoms. The van der Waals surface area contributed by atoms with Crippen molar-refractivity contribution in [1.82, 2.24) is 9.88 Å². The zero-order valence-corrected chi connectivity index (χ0v) is 19.1. The highest BCUT2D eigenvalue weighted by Gasteiger charge is 2.46. The standard InChI is InChI=1S/C29H34N2O/c1-31(18-7-10-23-15-17-30-28-12-6-5-11-26(23)28)19-16-29(32)21-24-13-14-25(29)20-27(24)22-8-3-2-4-9-22/h2-6,8-9,11-12,15,17,20,24-25,32H,7,10,13-14,16,18-19,21H2,1H3/t24-,25-,29+/m0/s1. The molecular weight excluding hydrogens is 392 g/mol. The van der Waals surface area contributed by atoms with Crippen LogP contribution in [0.5, 0.6) is 0 Å². The summed E-state index contributed by atoms with van der Waals surface area (Å²) >= 11 is 0. The van der Waals surface area contributed by atoms with Gasteiger partial charge in [0.15, 0.2) is 0 Å². The summed E-state index contributed by atoms with van der Waals surface area (Å²) < 4.78 is 0. The first-order chi connectivity index (χ1) is 15.6. The van der Waals surface area contributed by atoms with Crippen LogP contribution in [0.15, 0.2) is 72.9 Å². The molecular formula is C29H34N2O. The van der Waals surface area contributed by atoms with Crippen molar-refractivity contribution < 1.29 is 5.11 Å². The molecule has 1 saturated carbocycles. The molecule has 32 heavy (non-hydrogen) atoms. The quantitative estimate of drug-likeness (QED) is 0.499. The molecule has 0 aliphatic heterocycles. The smallest absolute Gasteiger partial charge is 0.0728 e. The summed E-state index contributed by atoms with van der Waals surface area (Å²) in [6.45, 7) is 2.00. The summed E-state index contributed by atoms with van der Waals surface area (Å²) in [4.78, 5) is 6.87. The van der Waals surface area contributed by atoms with Crippen LogP contribution in [0.3, 0.4) is 0 Å². The zero-order valence-electron chi connectivity index (χ0n) is 19.1. The topological polar surface area (TPSA) is 36.4 Å². The number of fused-ring (bicyclic) bond motifs is 3. The maximum Gasteiger partial charge on any atom is 0.0728 e. The fourth-order valence-corrected chi connectivity index (χ4v) is 5.85. The summed E-state index contributed by atoms with van der Waals surface area (Å²) in [5.74, 6) is 0.789. The van der Waals surface area contributed by atoms with E-state index in [1.54, 1.807) is 0 Å². The van der Waals surface area contributed by atoms with E-state index in [4.69, 9.17) is 0 Å². The third-order valence-corrected chi connectivity index (χ3v) is 7.70. The highest BCUT2D eigenvalue weighted by Crippen LogP contribution is 2.51. The molecule has 0 radical (unpaired) electrons. The molecule has 2 aromatic carbocycles. The number of para-hydroxylation sites is 1. The Labute approximate surface area is 191 Å². The van der Waals surface area contributed by atoms with Gasteiger partial charge in [-0.2, -0.15) is 0 Å². The van der Waals surface area contributed by atoms with Crippen molar-refractivity contribution in [1.29, 1.82) is 0 Å². The number of aromatic nitrogens is 1. The summed E-state index contributed by atoms with van der Waals surface area (Å²) in [6, 6.07) is 21.3. The number of aryl methyl sites for hydroxylation is 1. The van der Waals surface area contributed by atoms with Gasteiger partial charge in [0, 0.05) is 24.0 Å². The van der Waals surface area contributed by atoms with E-state index < -0.39 is 5.60 Å². The van der Waals surface area contributed by atoms with Gasteiger partial charge >= 0.3 is 0 Å². The van der Waals surface area contributed by atoms with Crippen molar-refractivity contribution in [2.75, 3.05) is 20.1 Å². The minimum atomic E-state index is -0.545. The largest absolute Gasteiger partial charge is 0.389 e.